The van der Waals surface area contributed by atoms with E-state index >= 15 is 0 Å². The van der Waals surface area contributed by atoms with Crippen LogP contribution in [0.5, 0.6) is 0 Å². The maximum atomic E-state index is 8.82. The van der Waals surface area contributed by atoms with E-state index in [1.165, 1.54) is 19.3 Å². The van der Waals surface area contributed by atoms with E-state index in [-0.39, 0.29) is 12.6 Å². The van der Waals surface area contributed by atoms with Crippen LogP contribution in [0, 0.1) is 5.92 Å². The molecule has 0 bridgehead atoms. The molecular formula is C9H19NO. The summed E-state index contributed by atoms with van der Waals surface area (Å²) in [6.45, 7) is 4.57. The smallest absolute Gasteiger partial charge is 0.0582 e. The van der Waals surface area contributed by atoms with E-state index in [1.54, 1.807) is 0 Å². The van der Waals surface area contributed by atoms with Crippen LogP contribution in [0.2, 0.25) is 0 Å². The first-order chi connectivity index (χ1) is 5.24. The number of hydrogen-bond donors (Lipinski definition) is 2. The van der Waals surface area contributed by atoms with Crippen LogP contribution in [0.25, 0.3) is 0 Å². The van der Waals surface area contributed by atoms with E-state index in [4.69, 9.17) is 5.11 Å². The zero-order chi connectivity index (χ0) is 8.27. The molecule has 0 saturated heterocycles. The van der Waals surface area contributed by atoms with Crippen molar-refractivity contribution in [2.24, 2.45) is 5.92 Å². The molecule has 66 valence electrons. The molecule has 0 aromatic heterocycles. The van der Waals surface area contributed by atoms with Crippen LogP contribution in [0.3, 0.4) is 0 Å². The van der Waals surface area contributed by atoms with Crippen molar-refractivity contribution < 1.29 is 5.11 Å². The standard InChI is InChI=1S/C9H19NO/c1-7-4-3-5-9(7)10-8(2)6-11/h7-11H,3-6H2,1-2H3/t7-,8-,9-/m0/s1. The van der Waals surface area contributed by atoms with Gasteiger partial charge in [-0.3, -0.25) is 0 Å². The second-order valence-corrected chi connectivity index (χ2v) is 3.76. The van der Waals surface area contributed by atoms with E-state index in [0.29, 0.717) is 6.04 Å². The lowest BCUT2D eigenvalue weighted by Crippen LogP contribution is -2.39. The van der Waals surface area contributed by atoms with Crippen molar-refractivity contribution in [3.05, 3.63) is 0 Å². The highest BCUT2D eigenvalue weighted by Crippen LogP contribution is 2.24. The van der Waals surface area contributed by atoms with E-state index in [1.807, 2.05) is 6.92 Å². The van der Waals surface area contributed by atoms with Gasteiger partial charge in [-0.2, -0.15) is 0 Å². The summed E-state index contributed by atoms with van der Waals surface area (Å²) in [5.74, 6) is 0.795. The molecule has 0 aromatic carbocycles. The molecular weight excluding hydrogens is 138 g/mol. The zero-order valence-electron chi connectivity index (χ0n) is 7.51. The molecule has 0 aromatic rings. The second-order valence-electron chi connectivity index (χ2n) is 3.76. The maximum Gasteiger partial charge on any atom is 0.0582 e. The normalized spacial score (nSPS) is 34.1. The van der Waals surface area contributed by atoms with Gasteiger partial charge in [0.2, 0.25) is 0 Å². The fourth-order valence-corrected chi connectivity index (χ4v) is 1.81. The lowest BCUT2D eigenvalue weighted by atomic mass is 10.1. The molecule has 11 heavy (non-hydrogen) atoms. The van der Waals surface area contributed by atoms with Gasteiger partial charge in [0.15, 0.2) is 0 Å². The monoisotopic (exact) mass is 157 g/mol. The van der Waals surface area contributed by atoms with Crippen molar-refractivity contribution in [1.82, 2.24) is 5.32 Å². The molecule has 1 aliphatic rings. The molecule has 1 rings (SSSR count). The van der Waals surface area contributed by atoms with Crippen LogP contribution in [-0.4, -0.2) is 23.8 Å². The molecule has 1 saturated carbocycles. The molecule has 0 spiro atoms. The summed E-state index contributed by atoms with van der Waals surface area (Å²) in [6, 6.07) is 0.915. The Morgan fingerprint density at radius 3 is 2.73 bits per heavy atom. The van der Waals surface area contributed by atoms with Crippen molar-refractivity contribution in [1.29, 1.82) is 0 Å². The van der Waals surface area contributed by atoms with Gasteiger partial charge in [-0.15, -0.1) is 0 Å². The number of hydrogen-bond acceptors (Lipinski definition) is 2. The average Bonchev–Trinajstić information content (AvgIpc) is 2.37. The molecule has 0 heterocycles. The van der Waals surface area contributed by atoms with Gasteiger partial charge in [0.05, 0.1) is 6.61 Å². The molecule has 0 aliphatic heterocycles. The van der Waals surface area contributed by atoms with E-state index < -0.39 is 0 Å². The van der Waals surface area contributed by atoms with Gasteiger partial charge in [0, 0.05) is 12.1 Å². The molecule has 2 N–H and O–H groups in total. The molecule has 2 heteroatoms. The van der Waals surface area contributed by atoms with Gasteiger partial charge in [0.25, 0.3) is 0 Å². The maximum absolute atomic E-state index is 8.82. The Morgan fingerprint density at radius 1 is 1.55 bits per heavy atom. The third-order valence-corrected chi connectivity index (χ3v) is 2.63. The van der Waals surface area contributed by atoms with Gasteiger partial charge < -0.3 is 10.4 Å². The minimum atomic E-state index is 0.253. The third-order valence-electron chi connectivity index (χ3n) is 2.63. The minimum absolute atomic E-state index is 0.253. The lowest BCUT2D eigenvalue weighted by Gasteiger charge is -2.21. The van der Waals surface area contributed by atoms with Crippen LogP contribution in [-0.2, 0) is 0 Å². The van der Waals surface area contributed by atoms with Crippen LogP contribution < -0.4 is 5.32 Å². The number of aliphatic hydroxyl groups excluding tert-OH is 1. The fourth-order valence-electron chi connectivity index (χ4n) is 1.81. The van der Waals surface area contributed by atoms with E-state index in [2.05, 4.69) is 12.2 Å². The molecule has 1 fully saturated rings. The quantitative estimate of drug-likeness (QED) is 0.644. The van der Waals surface area contributed by atoms with Gasteiger partial charge >= 0.3 is 0 Å². The Bertz CT molecular complexity index is 116. The lowest BCUT2D eigenvalue weighted by molar-refractivity contribution is 0.232. The average molecular weight is 157 g/mol. The summed E-state index contributed by atoms with van der Waals surface area (Å²) >= 11 is 0. The summed E-state index contributed by atoms with van der Waals surface area (Å²) < 4.78 is 0. The largest absolute Gasteiger partial charge is 0.395 e. The summed E-state index contributed by atoms with van der Waals surface area (Å²) in [7, 11) is 0. The van der Waals surface area contributed by atoms with Gasteiger partial charge in [-0.05, 0) is 25.7 Å². The molecule has 0 amide bonds. The minimum Gasteiger partial charge on any atom is -0.395 e. The number of rotatable bonds is 3. The Kier molecular flexibility index (Phi) is 3.34. The Labute approximate surface area is 69.0 Å². The van der Waals surface area contributed by atoms with Crippen molar-refractivity contribution in [3.8, 4) is 0 Å². The molecule has 1 aliphatic carbocycles. The summed E-state index contributed by atoms with van der Waals surface area (Å²) in [5, 5.41) is 12.2. The van der Waals surface area contributed by atoms with Crippen molar-refractivity contribution >= 4 is 0 Å². The van der Waals surface area contributed by atoms with E-state index in [9.17, 15) is 0 Å². The highest BCUT2D eigenvalue weighted by molar-refractivity contribution is 4.81. The number of nitrogens with one attached hydrogen (secondary N) is 1. The molecule has 0 unspecified atom stereocenters. The highest BCUT2D eigenvalue weighted by atomic mass is 16.3. The summed E-state index contributed by atoms with van der Waals surface area (Å²) in [5.41, 5.74) is 0. The Morgan fingerprint density at radius 2 is 2.27 bits per heavy atom. The summed E-state index contributed by atoms with van der Waals surface area (Å²) in [4.78, 5) is 0. The Balaban J connectivity index is 2.24. The van der Waals surface area contributed by atoms with Crippen LogP contribution >= 0.6 is 0 Å². The van der Waals surface area contributed by atoms with Crippen molar-refractivity contribution in [3.63, 3.8) is 0 Å². The third kappa shape index (κ3) is 2.46. The second kappa shape index (κ2) is 4.07. The molecule has 3 atom stereocenters. The van der Waals surface area contributed by atoms with Gasteiger partial charge in [-0.1, -0.05) is 13.3 Å². The number of aliphatic hydroxyl groups is 1. The zero-order valence-corrected chi connectivity index (χ0v) is 7.51. The molecule has 2 nitrogen and oxygen atoms in total. The highest BCUT2D eigenvalue weighted by Gasteiger charge is 2.23. The predicted molar refractivity (Wildman–Crippen MR) is 46.5 cm³/mol. The Hall–Kier alpha value is -0.0800. The van der Waals surface area contributed by atoms with Crippen molar-refractivity contribution in [2.75, 3.05) is 6.61 Å². The van der Waals surface area contributed by atoms with Crippen molar-refractivity contribution in [2.45, 2.75) is 45.2 Å². The van der Waals surface area contributed by atoms with Crippen LogP contribution in [0.1, 0.15) is 33.1 Å². The van der Waals surface area contributed by atoms with E-state index in [0.717, 1.165) is 5.92 Å². The van der Waals surface area contributed by atoms with Gasteiger partial charge in [-0.25, -0.2) is 0 Å². The molecule has 0 radical (unpaired) electrons. The first-order valence-corrected chi connectivity index (χ1v) is 4.61. The van der Waals surface area contributed by atoms with Crippen LogP contribution in [0.4, 0.5) is 0 Å². The SMILES string of the molecule is C[C@@H](CO)N[C@H]1CCC[C@@H]1C. The van der Waals surface area contributed by atoms with Crippen LogP contribution in [0.15, 0.2) is 0 Å². The first-order valence-electron chi connectivity index (χ1n) is 4.61. The summed E-state index contributed by atoms with van der Waals surface area (Å²) in [6.07, 6.45) is 3.97. The van der Waals surface area contributed by atoms with Gasteiger partial charge in [0.1, 0.15) is 0 Å². The first kappa shape index (κ1) is 9.01. The predicted octanol–water partition coefficient (Wildman–Crippen LogP) is 1.15. The topological polar surface area (TPSA) is 32.3 Å². The fraction of sp³-hybridized carbons (Fsp3) is 1.00.